The molecule has 1 amide bonds. The van der Waals surface area contributed by atoms with Crippen molar-refractivity contribution in [3.05, 3.63) is 0 Å². The van der Waals surface area contributed by atoms with Gasteiger partial charge in [-0.3, -0.25) is 4.79 Å². The van der Waals surface area contributed by atoms with Crippen LogP contribution in [0.5, 0.6) is 0 Å². The van der Waals surface area contributed by atoms with Crippen LogP contribution >= 0.6 is 0 Å². The number of aliphatic carboxylic acids is 1. The highest BCUT2D eigenvalue weighted by Gasteiger charge is 2.66. The van der Waals surface area contributed by atoms with Crippen molar-refractivity contribution in [1.82, 2.24) is 4.90 Å². The molecule has 3 atom stereocenters. The number of fused-ring (bicyclic) bond motifs is 3. The van der Waals surface area contributed by atoms with Gasteiger partial charge in [-0.15, -0.1) is 0 Å². The van der Waals surface area contributed by atoms with Crippen LogP contribution in [0.25, 0.3) is 0 Å². The van der Waals surface area contributed by atoms with E-state index in [0.29, 0.717) is 32.2 Å². The van der Waals surface area contributed by atoms with Crippen LogP contribution in [0.4, 0.5) is 4.79 Å². The average Bonchev–Trinajstić information content (AvgIpc) is 2.53. The lowest BCUT2D eigenvalue weighted by Gasteiger charge is -2.60. The molecule has 0 radical (unpaired) electrons. The van der Waals surface area contributed by atoms with Crippen molar-refractivity contribution < 1.29 is 24.5 Å². The molecule has 0 aromatic carbocycles. The maximum atomic E-state index is 12.7. The quantitative estimate of drug-likeness (QED) is 0.796. The van der Waals surface area contributed by atoms with Gasteiger partial charge in [-0.05, 0) is 58.8 Å². The largest absolute Gasteiger partial charge is 0.481 e. The fourth-order valence-electron chi connectivity index (χ4n) is 5.35. The number of piperidine rings is 2. The normalized spacial score (nSPS) is 34.6. The zero-order valence-corrected chi connectivity index (χ0v) is 15.6. The number of nitrogens with zero attached hydrogens (tertiary/aromatic N) is 1. The van der Waals surface area contributed by atoms with Crippen LogP contribution in [0.2, 0.25) is 0 Å². The van der Waals surface area contributed by atoms with E-state index < -0.39 is 34.7 Å². The first-order valence-electron chi connectivity index (χ1n) is 9.54. The summed E-state index contributed by atoms with van der Waals surface area (Å²) in [4.78, 5) is 26.8. The molecule has 6 nitrogen and oxygen atoms in total. The van der Waals surface area contributed by atoms with Gasteiger partial charge in [-0.2, -0.15) is 0 Å². The standard InChI is InChI=1S/C19H31NO5/c1-17(2,3)25-16(23)20-12-13-7-8-14(20)19(11-13,15(21)22)18(24)9-5-4-6-10-18/h13-14,24H,4-12H2,1-3H3,(H,21,22). The van der Waals surface area contributed by atoms with E-state index in [-0.39, 0.29) is 5.92 Å². The fraction of sp³-hybridized carbons (Fsp3) is 0.895. The van der Waals surface area contributed by atoms with Crippen molar-refractivity contribution in [1.29, 1.82) is 0 Å². The molecular formula is C19H31NO5. The Labute approximate surface area is 149 Å². The highest BCUT2D eigenvalue weighted by Crippen LogP contribution is 2.57. The Morgan fingerprint density at radius 2 is 1.76 bits per heavy atom. The lowest BCUT2D eigenvalue weighted by Crippen LogP contribution is -2.71. The number of carbonyl (C=O) groups is 2. The summed E-state index contributed by atoms with van der Waals surface area (Å²) >= 11 is 0. The predicted octanol–water partition coefficient (Wildman–Crippen LogP) is 3.17. The lowest BCUT2D eigenvalue weighted by molar-refractivity contribution is -0.210. The molecule has 2 saturated carbocycles. The molecule has 2 aliphatic carbocycles. The van der Waals surface area contributed by atoms with Gasteiger partial charge in [0.1, 0.15) is 11.0 Å². The molecule has 0 aromatic heterocycles. The summed E-state index contributed by atoms with van der Waals surface area (Å²) in [5.74, 6) is -0.848. The fourth-order valence-corrected chi connectivity index (χ4v) is 5.35. The Balaban J connectivity index is 1.96. The molecular weight excluding hydrogens is 322 g/mol. The molecule has 2 aliphatic heterocycles. The van der Waals surface area contributed by atoms with Gasteiger partial charge in [0.05, 0.1) is 11.6 Å². The number of ether oxygens (including phenoxy) is 1. The van der Waals surface area contributed by atoms with Crippen LogP contribution in [-0.4, -0.2) is 51.0 Å². The van der Waals surface area contributed by atoms with Crippen molar-refractivity contribution in [3.63, 3.8) is 0 Å². The van der Waals surface area contributed by atoms with Gasteiger partial charge in [-0.1, -0.05) is 19.3 Å². The summed E-state index contributed by atoms with van der Waals surface area (Å²) in [6.45, 7) is 5.97. The van der Waals surface area contributed by atoms with Gasteiger partial charge in [-0.25, -0.2) is 4.79 Å². The Bertz CT molecular complexity index is 549. The van der Waals surface area contributed by atoms with E-state index in [2.05, 4.69) is 0 Å². The highest BCUT2D eigenvalue weighted by molar-refractivity contribution is 5.80. The lowest BCUT2D eigenvalue weighted by atomic mass is 9.52. The van der Waals surface area contributed by atoms with Crippen LogP contribution in [0.15, 0.2) is 0 Å². The molecule has 142 valence electrons. The van der Waals surface area contributed by atoms with Gasteiger partial charge >= 0.3 is 12.1 Å². The van der Waals surface area contributed by atoms with E-state index in [1.807, 2.05) is 20.8 Å². The molecule has 3 unspecified atom stereocenters. The topological polar surface area (TPSA) is 87.1 Å². The molecule has 2 N–H and O–H groups in total. The summed E-state index contributed by atoms with van der Waals surface area (Å²) in [7, 11) is 0. The number of hydrogen-bond acceptors (Lipinski definition) is 4. The van der Waals surface area contributed by atoms with Crippen LogP contribution in [0.3, 0.4) is 0 Å². The number of carboxylic acids is 1. The van der Waals surface area contributed by atoms with Crippen molar-refractivity contribution in [3.8, 4) is 0 Å². The maximum absolute atomic E-state index is 12.7. The van der Waals surface area contributed by atoms with Gasteiger partial charge < -0.3 is 19.8 Å². The third-order valence-electron chi connectivity index (χ3n) is 6.38. The van der Waals surface area contributed by atoms with Crippen LogP contribution in [-0.2, 0) is 9.53 Å². The van der Waals surface area contributed by atoms with E-state index in [1.54, 1.807) is 4.90 Å². The van der Waals surface area contributed by atoms with Gasteiger partial charge in [0.25, 0.3) is 0 Å². The molecule has 4 rings (SSSR count). The zero-order valence-electron chi connectivity index (χ0n) is 15.6. The van der Waals surface area contributed by atoms with Crippen molar-refractivity contribution in [2.45, 2.75) is 89.4 Å². The summed E-state index contributed by atoms with van der Waals surface area (Å²) in [5.41, 5.74) is -3.13. The first kappa shape index (κ1) is 18.5. The second-order valence-corrected chi connectivity index (χ2v) is 9.16. The summed E-state index contributed by atoms with van der Waals surface area (Å²) in [5, 5.41) is 21.6. The van der Waals surface area contributed by atoms with E-state index >= 15 is 0 Å². The number of hydrogen-bond donors (Lipinski definition) is 2. The first-order valence-corrected chi connectivity index (χ1v) is 9.54. The molecule has 4 aliphatic rings. The number of rotatable bonds is 2. The zero-order chi connectivity index (χ0) is 18.5. The molecule has 0 aromatic rings. The summed E-state index contributed by atoms with van der Waals surface area (Å²) in [6, 6.07) is -0.493. The summed E-state index contributed by atoms with van der Waals surface area (Å²) < 4.78 is 5.54. The second kappa shape index (κ2) is 6.15. The van der Waals surface area contributed by atoms with Gasteiger partial charge in [0.15, 0.2) is 0 Å². The third kappa shape index (κ3) is 3.03. The van der Waals surface area contributed by atoms with E-state index in [0.717, 1.165) is 25.7 Å². The molecule has 2 heterocycles. The number of carboxylic acid groups (broad SMARTS) is 1. The van der Waals surface area contributed by atoms with Crippen molar-refractivity contribution >= 4 is 12.1 Å². The highest BCUT2D eigenvalue weighted by atomic mass is 16.6. The van der Waals surface area contributed by atoms with Crippen LogP contribution < -0.4 is 0 Å². The first-order chi connectivity index (χ1) is 11.6. The van der Waals surface area contributed by atoms with E-state index in [1.165, 1.54) is 0 Å². The Morgan fingerprint density at radius 1 is 1.12 bits per heavy atom. The van der Waals surface area contributed by atoms with E-state index in [9.17, 15) is 19.8 Å². The van der Waals surface area contributed by atoms with Gasteiger partial charge in [0, 0.05) is 6.54 Å². The minimum absolute atomic E-state index is 0.111. The maximum Gasteiger partial charge on any atom is 0.410 e. The molecule has 0 spiro atoms. The predicted molar refractivity (Wildman–Crippen MR) is 92.2 cm³/mol. The SMILES string of the molecule is CC(C)(C)OC(=O)N1CC2CCC1C(C(=O)O)(C1(O)CCCCC1)C2. The Hall–Kier alpha value is -1.30. The van der Waals surface area contributed by atoms with Gasteiger partial charge in [0.2, 0.25) is 0 Å². The van der Waals surface area contributed by atoms with Crippen LogP contribution in [0.1, 0.15) is 72.1 Å². The Kier molecular flexibility index (Phi) is 4.55. The Morgan fingerprint density at radius 3 is 2.28 bits per heavy atom. The minimum Gasteiger partial charge on any atom is -0.481 e. The molecule has 4 fully saturated rings. The van der Waals surface area contributed by atoms with Crippen molar-refractivity contribution in [2.75, 3.05) is 6.54 Å². The van der Waals surface area contributed by atoms with Crippen molar-refractivity contribution in [2.24, 2.45) is 11.3 Å². The second-order valence-electron chi connectivity index (χ2n) is 9.16. The number of aliphatic hydroxyl groups is 1. The number of carbonyl (C=O) groups excluding carboxylic acids is 1. The molecule has 2 bridgehead atoms. The smallest absolute Gasteiger partial charge is 0.410 e. The monoisotopic (exact) mass is 353 g/mol. The van der Waals surface area contributed by atoms with E-state index in [4.69, 9.17) is 4.74 Å². The van der Waals surface area contributed by atoms with Crippen LogP contribution in [0, 0.1) is 11.3 Å². The molecule has 6 heteroatoms. The summed E-state index contributed by atoms with van der Waals surface area (Å²) in [6.07, 6.45) is 5.27. The number of amides is 1. The molecule has 25 heavy (non-hydrogen) atoms. The third-order valence-corrected chi connectivity index (χ3v) is 6.38. The minimum atomic E-state index is -1.27. The average molecular weight is 353 g/mol. The molecule has 2 saturated heterocycles.